The molecule has 4 N–H and O–H groups in total. The minimum atomic E-state index is -0.538. The predicted molar refractivity (Wildman–Crippen MR) is 99.6 cm³/mol. The van der Waals surface area contributed by atoms with E-state index in [0.717, 1.165) is 0 Å². The number of nitrogens with one attached hydrogen (secondary N) is 2. The van der Waals surface area contributed by atoms with Crippen molar-refractivity contribution < 1.29 is 9.59 Å². The highest BCUT2D eigenvalue weighted by Gasteiger charge is 2.43. The molecule has 8 heteroatoms. The van der Waals surface area contributed by atoms with Gasteiger partial charge < -0.3 is 20.9 Å². The van der Waals surface area contributed by atoms with Gasteiger partial charge in [0, 0.05) is 30.1 Å². The molecule has 0 radical (unpaired) electrons. The molecule has 2 aromatic rings. The summed E-state index contributed by atoms with van der Waals surface area (Å²) in [4.78, 5) is 37.7. The SMILES string of the molecule is CC(C)(C)C(=O)N1CC(Nc2ncnc3[nH]cc(C(N)=O)c23)C(C)(C)C1. The smallest absolute Gasteiger partial charge is 0.251 e. The molecule has 1 atom stereocenters. The molecule has 26 heavy (non-hydrogen) atoms. The lowest BCUT2D eigenvalue weighted by molar-refractivity contribution is -0.138. The topological polar surface area (TPSA) is 117 Å². The van der Waals surface area contributed by atoms with Crippen molar-refractivity contribution >= 4 is 28.7 Å². The van der Waals surface area contributed by atoms with E-state index >= 15 is 0 Å². The minimum absolute atomic E-state index is 0.0115. The van der Waals surface area contributed by atoms with E-state index in [0.29, 0.717) is 35.5 Å². The first-order chi connectivity index (χ1) is 12.0. The molecule has 0 spiro atoms. The second-order valence-corrected chi connectivity index (χ2v) is 8.63. The van der Waals surface area contributed by atoms with Crippen LogP contribution in [0.1, 0.15) is 45.0 Å². The number of likely N-dealkylation sites (tertiary alicyclic amines) is 1. The molecule has 2 amide bonds. The monoisotopic (exact) mass is 358 g/mol. The molecule has 1 aliphatic heterocycles. The summed E-state index contributed by atoms with van der Waals surface area (Å²) in [5.41, 5.74) is 5.79. The number of carbonyl (C=O) groups is 2. The van der Waals surface area contributed by atoms with Crippen LogP contribution in [0.2, 0.25) is 0 Å². The summed E-state index contributed by atoms with van der Waals surface area (Å²) in [6.07, 6.45) is 2.98. The molecule has 0 aliphatic carbocycles. The Hall–Kier alpha value is -2.64. The van der Waals surface area contributed by atoms with Crippen LogP contribution < -0.4 is 11.1 Å². The van der Waals surface area contributed by atoms with Crippen molar-refractivity contribution in [3.05, 3.63) is 18.1 Å². The molecular formula is C18H26N6O2. The van der Waals surface area contributed by atoms with E-state index in [4.69, 9.17) is 5.73 Å². The maximum Gasteiger partial charge on any atom is 0.251 e. The summed E-state index contributed by atoms with van der Waals surface area (Å²) in [6.45, 7) is 11.2. The molecule has 1 saturated heterocycles. The Morgan fingerprint density at radius 1 is 1.35 bits per heavy atom. The summed E-state index contributed by atoms with van der Waals surface area (Å²) in [5.74, 6) is 0.139. The Morgan fingerprint density at radius 2 is 2.04 bits per heavy atom. The lowest BCUT2D eigenvalue weighted by atomic mass is 9.87. The van der Waals surface area contributed by atoms with Crippen molar-refractivity contribution in [1.29, 1.82) is 0 Å². The number of primary amides is 1. The van der Waals surface area contributed by atoms with Crippen LogP contribution in [0.3, 0.4) is 0 Å². The number of carbonyl (C=O) groups excluding carboxylic acids is 2. The molecule has 1 fully saturated rings. The fourth-order valence-electron chi connectivity index (χ4n) is 3.44. The van der Waals surface area contributed by atoms with Gasteiger partial charge in [0.1, 0.15) is 17.8 Å². The normalized spacial score (nSPS) is 19.7. The zero-order valence-electron chi connectivity index (χ0n) is 15.9. The number of aromatic amines is 1. The quantitative estimate of drug-likeness (QED) is 0.773. The average molecular weight is 358 g/mol. The van der Waals surface area contributed by atoms with Crippen molar-refractivity contribution in [3.63, 3.8) is 0 Å². The molecule has 0 bridgehead atoms. The van der Waals surface area contributed by atoms with Crippen molar-refractivity contribution in [2.75, 3.05) is 18.4 Å². The number of nitrogens with zero attached hydrogens (tertiary/aromatic N) is 3. The van der Waals surface area contributed by atoms with Crippen LogP contribution in [-0.4, -0.2) is 50.8 Å². The van der Waals surface area contributed by atoms with E-state index in [1.54, 1.807) is 6.20 Å². The van der Waals surface area contributed by atoms with Gasteiger partial charge in [-0.25, -0.2) is 9.97 Å². The molecular weight excluding hydrogens is 332 g/mol. The van der Waals surface area contributed by atoms with E-state index in [-0.39, 0.29) is 17.4 Å². The van der Waals surface area contributed by atoms with Gasteiger partial charge in [-0.15, -0.1) is 0 Å². The fraction of sp³-hybridized carbons (Fsp3) is 0.556. The number of nitrogens with two attached hydrogens (primary N) is 1. The third kappa shape index (κ3) is 3.11. The van der Waals surface area contributed by atoms with E-state index in [9.17, 15) is 9.59 Å². The Balaban J connectivity index is 1.92. The highest BCUT2D eigenvalue weighted by Crippen LogP contribution is 2.35. The van der Waals surface area contributed by atoms with Gasteiger partial charge in [-0.05, 0) is 0 Å². The van der Waals surface area contributed by atoms with Crippen LogP contribution in [0.4, 0.5) is 5.82 Å². The van der Waals surface area contributed by atoms with Gasteiger partial charge in [0.25, 0.3) is 5.91 Å². The van der Waals surface area contributed by atoms with Gasteiger partial charge in [-0.3, -0.25) is 9.59 Å². The van der Waals surface area contributed by atoms with Gasteiger partial charge in [0.2, 0.25) is 5.91 Å². The maximum absolute atomic E-state index is 12.7. The molecule has 3 heterocycles. The number of hydrogen-bond acceptors (Lipinski definition) is 5. The number of anilines is 1. The Kier molecular flexibility index (Phi) is 4.17. The molecule has 2 aromatic heterocycles. The lowest BCUT2D eigenvalue weighted by Gasteiger charge is -2.27. The van der Waals surface area contributed by atoms with E-state index in [1.807, 2.05) is 25.7 Å². The highest BCUT2D eigenvalue weighted by atomic mass is 16.2. The molecule has 0 saturated carbocycles. The fourth-order valence-corrected chi connectivity index (χ4v) is 3.44. The van der Waals surface area contributed by atoms with E-state index in [2.05, 4.69) is 34.1 Å². The Bertz CT molecular complexity index is 864. The zero-order valence-corrected chi connectivity index (χ0v) is 15.9. The molecule has 1 aliphatic rings. The summed E-state index contributed by atoms with van der Waals surface area (Å²) in [5, 5.41) is 4.00. The third-order valence-electron chi connectivity index (χ3n) is 4.92. The van der Waals surface area contributed by atoms with Crippen LogP contribution in [0.25, 0.3) is 11.0 Å². The minimum Gasteiger partial charge on any atom is -0.366 e. The van der Waals surface area contributed by atoms with Crippen LogP contribution >= 0.6 is 0 Å². The van der Waals surface area contributed by atoms with Crippen LogP contribution in [0, 0.1) is 10.8 Å². The second-order valence-electron chi connectivity index (χ2n) is 8.63. The van der Waals surface area contributed by atoms with Gasteiger partial charge in [-0.1, -0.05) is 34.6 Å². The number of rotatable bonds is 3. The van der Waals surface area contributed by atoms with Gasteiger partial charge >= 0.3 is 0 Å². The summed E-state index contributed by atoms with van der Waals surface area (Å²) >= 11 is 0. The van der Waals surface area contributed by atoms with Crippen molar-refractivity contribution in [2.24, 2.45) is 16.6 Å². The Morgan fingerprint density at radius 3 is 2.65 bits per heavy atom. The van der Waals surface area contributed by atoms with Crippen molar-refractivity contribution in [1.82, 2.24) is 19.9 Å². The van der Waals surface area contributed by atoms with E-state index in [1.165, 1.54) is 6.33 Å². The first kappa shape index (κ1) is 18.2. The average Bonchev–Trinajstić information content (AvgIpc) is 3.08. The highest BCUT2D eigenvalue weighted by molar-refractivity contribution is 6.08. The van der Waals surface area contributed by atoms with Gasteiger partial charge in [0.15, 0.2) is 0 Å². The molecule has 0 aromatic carbocycles. The van der Waals surface area contributed by atoms with Crippen LogP contribution in [0.15, 0.2) is 12.5 Å². The number of H-pyrrole nitrogens is 1. The first-order valence-corrected chi connectivity index (χ1v) is 8.68. The summed E-state index contributed by atoms with van der Waals surface area (Å²) < 4.78 is 0. The van der Waals surface area contributed by atoms with Crippen LogP contribution in [0.5, 0.6) is 0 Å². The second kappa shape index (κ2) is 5.96. The molecule has 140 valence electrons. The number of hydrogen-bond donors (Lipinski definition) is 3. The third-order valence-corrected chi connectivity index (χ3v) is 4.92. The summed E-state index contributed by atoms with van der Waals surface area (Å²) in [7, 11) is 0. The van der Waals surface area contributed by atoms with Gasteiger partial charge in [-0.2, -0.15) is 0 Å². The maximum atomic E-state index is 12.7. The van der Waals surface area contributed by atoms with Crippen molar-refractivity contribution in [3.8, 4) is 0 Å². The largest absolute Gasteiger partial charge is 0.366 e. The first-order valence-electron chi connectivity index (χ1n) is 8.68. The number of amides is 2. The predicted octanol–water partition coefficient (Wildman–Crippen LogP) is 1.75. The lowest BCUT2D eigenvalue weighted by Crippen LogP contribution is -2.39. The molecule has 8 nitrogen and oxygen atoms in total. The Labute approximate surface area is 152 Å². The zero-order chi connectivity index (χ0) is 19.3. The molecule has 3 rings (SSSR count). The number of fused-ring (bicyclic) bond motifs is 1. The van der Waals surface area contributed by atoms with Crippen LogP contribution in [-0.2, 0) is 4.79 Å². The summed E-state index contributed by atoms with van der Waals surface area (Å²) in [6, 6.07) is -0.0115. The molecule has 1 unspecified atom stereocenters. The van der Waals surface area contributed by atoms with Gasteiger partial charge in [0.05, 0.1) is 17.0 Å². The number of aromatic nitrogens is 3. The van der Waals surface area contributed by atoms with Crippen molar-refractivity contribution in [2.45, 2.75) is 40.7 Å². The van der Waals surface area contributed by atoms with E-state index < -0.39 is 11.3 Å². The standard InChI is InChI=1S/C18H26N6O2/c1-17(2,3)16(26)24-7-11(18(4,5)8-24)23-15-12-10(13(19)25)6-20-14(12)21-9-22-15/h6,9,11H,7-8H2,1-5H3,(H2,19,25)(H2,20,21,22,23).